The Labute approximate surface area is 107 Å². The zero-order valence-electron chi connectivity index (χ0n) is 10.1. The van der Waals surface area contributed by atoms with Gasteiger partial charge in [0.15, 0.2) is 5.60 Å². The van der Waals surface area contributed by atoms with Crippen LogP contribution in [0.15, 0.2) is 24.3 Å². The normalized spacial score (nSPS) is 17.8. The van der Waals surface area contributed by atoms with Crippen LogP contribution in [0.1, 0.15) is 12.8 Å². The molecule has 0 aliphatic carbocycles. The number of hydrogen-bond donors (Lipinski definition) is 1. The number of rotatable bonds is 3. The van der Waals surface area contributed by atoms with E-state index in [0.717, 1.165) is 6.41 Å². The van der Waals surface area contributed by atoms with Gasteiger partial charge in [-0.1, -0.05) is 18.1 Å². The van der Waals surface area contributed by atoms with Gasteiger partial charge >= 0.3 is 0 Å². The molecule has 1 aromatic carbocycles. The lowest BCUT2D eigenvalue weighted by Gasteiger charge is -2.37. The number of benzene rings is 1. The van der Waals surface area contributed by atoms with Crippen LogP contribution in [0.3, 0.4) is 0 Å². The molecule has 1 heterocycles. The number of carbonyl (C=O) groups is 1. The average Bonchev–Trinajstić information content (AvgIpc) is 2.42. The summed E-state index contributed by atoms with van der Waals surface area (Å²) in [7, 11) is 0. The molecule has 2 rings (SSSR count). The summed E-state index contributed by atoms with van der Waals surface area (Å²) in [5.41, 5.74) is 5.76. The highest BCUT2D eigenvalue weighted by molar-refractivity contribution is 5.52. The van der Waals surface area contributed by atoms with Crippen LogP contribution in [0, 0.1) is 12.3 Å². The number of nitrogens with zero attached hydrogens (tertiary/aromatic N) is 1. The molecule has 4 nitrogen and oxygen atoms in total. The van der Waals surface area contributed by atoms with Crippen molar-refractivity contribution in [3.05, 3.63) is 24.3 Å². The highest BCUT2D eigenvalue weighted by atomic mass is 16.5. The molecule has 0 aromatic heterocycles. The number of amides is 1. The molecule has 1 aliphatic heterocycles. The number of nitrogens with two attached hydrogens (primary N) is 1. The first-order chi connectivity index (χ1) is 8.69. The zero-order valence-corrected chi connectivity index (χ0v) is 10.1. The van der Waals surface area contributed by atoms with Gasteiger partial charge < -0.3 is 15.4 Å². The Kier molecular flexibility index (Phi) is 3.42. The summed E-state index contributed by atoms with van der Waals surface area (Å²) in [6, 6.07) is 7.29. The van der Waals surface area contributed by atoms with Gasteiger partial charge in [0.05, 0.1) is 5.69 Å². The molecule has 0 bridgehead atoms. The largest absolute Gasteiger partial charge is 0.472 e. The van der Waals surface area contributed by atoms with Crippen LogP contribution in [0.25, 0.3) is 0 Å². The van der Waals surface area contributed by atoms with Gasteiger partial charge in [-0.15, -0.1) is 6.42 Å². The predicted octanol–water partition coefficient (Wildman–Crippen LogP) is 1.27. The number of terminal acetylenes is 1. The Hall–Kier alpha value is -2.15. The third kappa shape index (κ3) is 2.40. The van der Waals surface area contributed by atoms with E-state index in [-0.39, 0.29) is 0 Å². The van der Waals surface area contributed by atoms with E-state index in [0.29, 0.717) is 37.4 Å². The van der Waals surface area contributed by atoms with Gasteiger partial charge in [0.25, 0.3) is 0 Å². The van der Waals surface area contributed by atoms with Crippen LogP contribution in [-0.2, 0) is 4.79 Å². The lowest BCUT2D eigenvalue weighted by atomic mass is 9.92. The third-order valence-corrected chi connectivity index (χ3v) is 3.24. The summed E-state index contributed by atoms with van der Waals surface area (Å²) in [4.78, 5) is 12.4. The fraction of sp³-hybridized carbons (Fsp3) is 0.357. The number of piperidine rings is 1. The quantitative estimate of drug-likeness (QED) is 0.495. The average molecular weight is 244 g/mol. The minimum atomic E-state index is -0.658. The molecule has 4 heteroatoms. The van der Waals surface area contributed by atoms with Crippen LogP contribution >= 0.6 is 0 Å². The molecule has 1 fully saturated rings. The van der Waals surface area contributed by atoms with Crippen LogP contribution < -0.4 is 10.5 Å². The first-order valence-corrected chi connectivity index (χ1v) is 5.90. The Balaban J connectivity index is 2.13. The number of para-hydroxylation sites is 2. The molecule has 0 radical (unpaired) electrons. The highest BCUT2D eigenvalue weighted by Gasteiger charge is 2.35. The minimum absolute atomic E-state index is 0.574. The van der Waals surface area contributed by atoms with Crippen molar-refractivity contribution in [2.24, 2.45) is 0 Å². The first kappa shape index (κ1) is 12.3. The van der Waals surface area contributed by atoms with Crippen LogP contribution in [0.4, 0.5) is 5.69 Å². The lowest BCUT2D eigenvalue weighted by Crippen LogP contribution is -2.46. The number of hydrogen-bond acceptors (Lipinski definition) is 3. The third-order valence-electron chi connectivity index (χ3n) is 3.24. The van der Waals surface area contributed by atoms with Crippen LogP contribution in [0.5, 0.6) is 5.75 Å². The van der Waals surface area contributed by atoms with Crippen molar-refractivity contribution in [2.45, 2.75) is 18.4 Å². The number of likely N-dealkylation sites (tertiary alicyclic amines) is 1. The van der Waals surface area contributed by atoms with Crippen molar-refractivity contribution >= 4 is 12.1 Å². The predicted molar refractivity (Wildman–Crippen MR) is 69.9 cm³/mol. The Morgan fingerprint density at radius 3 is 2.61 bits per heavy atom. The fourth-order valence-electron chi connectivity index (χ4n) is 2.05. The van der Waals surface area contributed by atoms with Crippen molar-refractivity contribution in [3.63, 3.8) is 0 Å². The van der Waals surface area contributed by atoms with Gasteiger partial charge in [0, 0.05) is 25.9 Å². The van der Waals surface area contributed by atoms with E-state index in [1.807, 2.05) is 12.1 Å². The Bertz CT molecular complexity index is 471. The summed E-state index contributed by atoms with van der Waals surface area (Å²) < 4.78 is 5.91. The maximum Gasteiger partial charge on any atom is 0.209 e. The number of carbonyl (C=O) groups excluding carboxylic acids is 1. The number of ether oxygens (including phenoxy) is 1. The first-order valence-electron chi connectivity index (χ1n) is 5.90. The molecule has 1 aliphatic rings. The van der Waals surface area contributed by atoms with E-state index in [2.05, 4.69) is 5.92 Å². The molecule has 0 atom stereocenters. The second-order valence-electron chi connectivity index (χ2n) is 4.42. The summed E-state index contributed by atoms with van der Waals surface area (Å²) >= 11 is 0. The van der Waals surface area contributed by atoms with E-state index in [1.54, 1.807) is 17.0 Å². The smallest absolute Gasteiger partial charge is 0.209 e. The SMILES string of the molecule is C#CC1(Oc2ccccc2N)CCN(C=O)CC1. The second-order valence-corrected chi connectivity index (χ2v) is 4.42. The van der Waals surface area contributed by atoms with E-state index < -0.39 is 5.60 Å². The lowest BCUT2D eigenvalue weighted by molar-refractivity contribution is -0.120. The number of anilines is 1. The zero-order chi connectivity index (χ0) is 13.0. The van der Waals surface area contributed by atoms with Crippen molar-refractivity contribution in [3.8, 4) is 18.1 Å². The molecule has 18 heavy (non-hydrogen) atoms. The molecular formula is C14H16N2O2. The molecular weight excluding hydrogens is 228 g/mol. The number of nitrogen functional groups attached to an aromatic ring is 1. The van der Waals surface area contributed by atoms with Gasteiger partial charge in [0.2, 0.25) is 6.41 Å². The fourth-order valence-corrected chi connectivity index (χ4v) is 2.05. The summed E-state index contributed by atoms with van der Waals surface area (Å²) in [6.07, 6.45) is 7.69. The molecule has 1 saturated heterocycles. The van der Waals surface area contributed by atoms with Gasteiger partial charge in [-0.25, -0.2) is 0 Å². The van der Waals surface area contributed by atoms with Crippen molar-refractivity contribution < 1.29 is 9.53 Å². The Morgan fingerprint density at radius 1 is 1.39 bits per heavy atom. The van der Waals surface area contributed by atoms with Crippen molar-refractivity contribution in [1.29, 1.82) is 0 Å². The summed E-state index contributed by atoms with van der Waals surface area (Å²) in [5, 5.41) is 0. The van der Waals surface area contributed by atoms with Gasteiger partial charge in [-0.3, -0.25) is 4.79 Å². The topological polar surface area (TPSA) is 55.6 Å². The highest BCUT2D eigenvalue weighted by Crippen LogP contribution is 2.31. The van der Waals surface area contributed by atoms with E-state index in [4.69, 9.17) is 16.9 Å². The molecule has 0 saturated carbocycles. The van der Waals surface area contributed by atoms with Gasteiger partial charge in [0.1, 0.15) is 5.75 Å². The second kappa shape index (κ2) is 5.01. The van der Waals surface area contributed by atoms with Gasteiger partial charge in [-0.05, 0) is 12.1 Å². The molecule has 94 valence electrons. The van der Waals surface area contributed by atoms with E-state index in [9.17, 15) is 4.79 Å². The van der Waals surface area contributed by atoms with E-state index >= 15 is 0 Å². The standard InChI is InChI=1S/C14H16N2O2/c1-2-14(7-9-16(11-17)10-8-14)18-13-6-4-3-5-12(13)15/h1,3-6,11H,7-10,15H2. The maximum atomic E-state index is 10.7. The minimum Gasteiger partial charge on any atom is -0.472 e. The van der Waals surface area contributed by atoms with Gasteiger partial charge in [-0.2, -0.15) is 0 Å². The maximum absolute atomic E-state index is 10.7. The summed E-state index contributed by atoms with van der Waals surface area (Å²) in [5.74, 6) is 3.32. The Morgan fingerprint density at radius 2 is 2.06 bits per heavy atom. The molecule has 1 aromatic rings. The monoisotopic (exact) mass is 244 g/mol. The molecule has 1 amide bonds. The van der Waals surface area contributed by atoms with E-state index in [1.165, 1.54) is 0 Å². The van der Waals surface area contributed by atoms with Crippen molar-refractivity contribution in [2.75, 3.05) is 18.8 Å². The van der Waals surface area contributed by atoms with Crippen molar-refractivity contribution in [1.82, 2.24) is 4.90 Å². The molecule has 2 N–H and O–H groups in total. The molecule has 0 spiro atoms. The summed E-state index contributed by atoms with van der Waals surface area (Å²) in [6.45, 7) is 1.22. The van der Waals surface area contributed by atoms with Crippen LogP contribution in [0.2, 0.25) is 0 Å². The van der Waals surface area contributed by atoms with Crippen LogP contribution in [-0.4, -0.2) is 30.0 Å². The molecule has 0 unspecified atom stereocenters.